The van der Waals surface area contributed by atoms with Crippen LogP contribution in [0.5, 0.6) is 0 Å². The summed E-state index contributed by atoms with van der Waals surface area (Å²) in [6, 6.07) is 13.7. The third-order valence-corrected chi connectivity index (χ3v) is 4.77. The van der Waals surface area contributed by atoms with Crippen LogP contribution in [0.1, 0.15) is 13.3 Å². The van der Waals surface area contributed by atoms with Gasteiger partial charge in [0.05, 0.1) is 4.90 Å². The van der Waals surface area contributed by atoms with E-state index in [0.29, 0.717) is 5.69 Å². The van der Waals surface area contributed by atoms with Crippen molar-refractivity contribution in [1.29, 1.82) is 0 Å². The van der Waals surface area contributed by atoms with Crippen LogP contribution in [-0.2, 0) is 10.0 Å². The quantitative estimate of drug-likeness (QED) is 0.807. The Labute approximate surface area is 133 Å². The average molecular weight is 369 g/mol. The molecule has 6 heteroatoms. The van der Waals surface area contributed by atoms with Gasteiger partial charge in [0.15, 0.2) is 0 Å². The number of rotatable bonds is 6. The lowest BCUT2D eigenvalue weighted by Crippen LogP contribution is -2.12. The van der Waals surface area contributed by atoms with Gasteiger partial charge in [-0.2, -0.15) is 0 Å². The lowest BCUT2D eigenvalue weighted by molar-refractivity contribution is 0.601. The molecule has 0 heterocycles. The Kier molecular flexibility index (Phi) is 5.25. The summed E-state index contributed by atoms with van der Waals surface area (Å²) in [5, 5.41) is 3.21. The minimum atomic E-state index is -3.56. The highest BCUT2D eigenvalue weighted by Gasteiger charge is 2.13. The summed E-state index contributed by atoms with van der Waals surface area (Å²) in [5.41, 5.74) is 1.45. The topological polar surface area (TPSA) is 58.2 Å². The fourth-order valence-corrected chi connectivity index (χ4v) is 3.08. The number of hydrogen-bond acceptors (Lipinski definition) is 3. The molecule has 0 saturated heterocycles. The maximum atomic E-state index is 12.3. The molecule has 0 radical (unpaired) electrons. The van der Waals surface area contributed by atoms with Gasteiger partial charge in [-0.1, -0.05) is 22.9 Å². The summed E-state index contributed by atoms with van der Waals surface area (Å²) in [5.74, 6) is 0. The fourth-order valence-electron chi connectivity index (χ4n) is 1.75. The molecule has 2 aromatic carbocycles. The van der Waals surface area contributed by atoms with Crippen LogP contribution in [0.4, 0.5) is 11.4 Å². The van der Waals surface area contributed by atoms with E-state index in [0.717, 1.165) is 23.1 Å². The van der Waals surface area contributed by atoms with Crippen LogP contribution in [-0.4, -0.2) is 15.0 Å². The van der Waals surface area contributed by atoms with Crippen molar-refractivity contribution >= 4 is 37.3 Å². The van der Waals surface area contributed by atoms with Crippen molar-refractivity contribution in [3.63, 3.8) is 0 Å². The second kappa shape index (κ2) is 6.95. The molecular weight excluding hydrogens is 352 g/mol. The summed E-state index contributed by atoms with van der Waals surface area (Å²) in [7, 11) is -3.56. The zero-order valence-electron chi connectivity index (χ0n) is 11.6. The SMILES string of the molecule is CCCNc1ccc(S(=O)(=O)Nc2ccc(Br)cc2)cc1. The molecule has 112 valence electrons. The molecular formula is C15H17BrN2O2S. The lowest BCUT2D eigenvalue weighted by Gasteiger charge is -2.09. The summed E-state index contributed by atoms with van der Waals surface area (Å²) in [6.45, 7) is 2.94. The monoisotopic (exact) mass is 368 g/mol. The van der Waals surface area contributed by atoms with Crippen molar-refractivity contribution in [2.75, 3.05) is 16.6 Å². The van der Waals surface area contributed by atoms with Gasteiger partial charge >= 0.3 is 0 Å². The number of benzene rings is 2. The van der Waals surface area contributed by atoms with E-state index in [4.69, 9.17) is 0 Å². The van der Waals surface area contributed by atoms with E-state index in [1.165, 1.54) is 0 Å². The van der Waals surface area contributed by atoms with Crippen molar-refractivity contribution in [2.45, 2.75) is 18.2 Å². The number of hydrogen-bond donors (Lipinski definition) is 2. The number of anilines is 2. The number of halogens is 1. The maximum absolute atomic E-state index is 12.3. The predicted molar refractivity (Wildman–Crippen MR) is 90.2 cm³/mol. The van der Waals surface area contributed by atoms with E-state index in [9.17, 15) is 8.42 Å². The first-order valence-electron chi connectivity index (χ1n) is 6.63. The highest BCUT2D eigenvalue weighted by Crippen LogP contribution is 2.20. The molecule has 0 bridgehead atoms. The Balaban J connectivity index is 2.13. The highest BCUT2D eigenvalue weighted by molar-refractivity contribution is 9.10. The normalized spacial score (nSPS) is 11.1. The van der Waals surface area contributed by atoms with E-state index in [1.807, 2.05) is 0 Å². The molecule has 21 heavy (non-hydrogen) atoms. The Morgan fingerprint density at radius 2 is 1.52 bits per heavy atom. The van der Waals surface area contributed by atoms with Crippen LogP contribution in [0.2, 0.25) is 0 Å². The minimum Gasteiger partial charge on any atom is -0.385 e. The van der Waals surface area contributed by atoms with Crippen LogP contribution in [0.3, 0.4) is 0 Å². The Morgan fingerprint density at radius 1 is 0.952 bits per heavy atom. The number of nitrogens with one attached hydrogen (secondary N) is 2. The first kappa shape index (κ1) is 15.9. The molecule has 0 atom stereocenters. The van der Waals surface area contributed by atoms with Crippen molar-refractivity contribution in [1.82, 2.24) is 0 Å². The van der Waals surface area contributed by atoms with Gasteiger partial charge in [-0.05, 0) is 55.0 Å². The van der Waals surface area contributed by atoms with Gasteiger partial charge in [-0.25, -0.2) is 8.42 Å². The van der Waals surface area contributed by atoms with Crippen LogP contribution in [0, 0.1) is 0 Å². The van der Waals surface area contributed by atoms with E-state index >= 15 is 0 Å². The molecule has 0 saturated carbocycles. The Morgan fingerprint density at radius 3 is 2.10 bits per heavy atom. The summed E-state index contributed by atoms with van der Waals surface area (Å²) >= 11 is 3.31. The van der Waals surface area contributed by atoms with Gasteiger partial charge in [0.1, 0.15) is 0 Å². The smallest absolute Gasteiger partial charge is 0.261 e. The van der Waals surface area contributed by atoms with Gasteiger partial charge in [0, 0.05) is 22.4 Å². The van der Waals surface area contributed by atoms with Crippen LogP contribution < -0.4 is 10.0 Å². The van der Waals surface area contributed by atoms with Crippen molar-refractivity contribution in [2.24, 2.45) is 0 Å². The third-order valence-electron chi connectivity index (χ3n) is 2.84. The molecule has 0 aromatic heterocycles. The molecule has 2 aromatic rings. The highest BCUT2D eigenvalue weighted by atomic mass is 79.9. The minimum absolute atomic E-state index is 0.243. The molecule has 0 unspecified atom stereocenters. The molecule has 2 N–H and O–H groups in total. The van der Waals surface area contributed by atoms with Gasteiger partial charge in [0.25, 0.3) is 10.0 Å². The standard InChI is InChI=1S/C15H17BrN2O2S/c1-2-11-17-13-7-9-15(10-8-13)21(19,20)18-14-5-3-12(16)4-6-14/h3-10,17-18H,2,11H2,1H3. The summed E-state index contributed by atoms with van der Waals surface area (Å²) < 4.78 is 28.0. The molecule has 2 rings (SSSR count). The van der Waals surface area contributed by atoms with Crippen molar-refractivity contribution in [3.05, 3.63) is 53.0 Å². The molecule has 0 aliphatic heterocycles. The largest absolute Gasteiger partial charge is 0.385 e. The van der Waals surface area contributed by atoms with Crippen molar-refractivity contribution < 1.29 is 8.42 Å². The van der Waals surface area contributed by atoms with E-state index in [-0.39, 0.29) is 4.90 Å². The average Bonchev–Trinajstić information content (AvgIpc) is 2.48. The van der Waals surface area contributed by atoms with Gasteiger partial charge in [0.2, 0.25) is 0 Å². The first-order chi connectivity index (χ1) is 10.0. The first-order valence-corrected chi connectivity index (χ1v) is 8.91. The zero-order chi connectivity index (χ0) is 15.3. The van der Waals surface area contributed by atoms with Crippen molar-refractivity contribution in [3.8, 4) is 0 Å². The Bertz CT molecular complexity index is 683. The van der Waals surface area contributed by atoms with E-state index in [1.54, 1.807) is 48.5 Å². The molecule has 0 fully saturated rings. The lowest BCUT2D eigenvalue weighted by atomic mass is 10.3. The van der Waals surface area contributed by atoms with Crippen LogP contribution in [0.15, 0.2) is 57.9 Å². The second-order valence-corrected chi connectivity index (χ2v) is 7.16. The molecule has 0 aliphatic carbocycles. The van der Waals surface area contributed by atoms with Crippen LogP contribution in [0.25, 0.3) is 0 Å². The fraction of sp³-hybridized carbons (Fsp3) is 0.200. The molecule has 0 aliphatic rings. The molecule has 4 nitrogen and oxygen atoms in total. The van der Waals surface area contributed by atoms with E-state index < -0.39 is 10.0 Å². The molecule has 0 spiro atoms. The summed E-state index contributed by atoms with van der Waals surface area (Å²) in [6.07, 6.45) is 1.02. The number of sulfonamides is 1. The van der Waals surface area contributed by atoms with Gasteiger partial charge in [-0.3, -0.25) is 4.72 Å². The Hall–Kier alpha value is -1.53. The third kappa shape index (κ3) is 4.47. The second-order valence-electron chi connectivity index (χ2n) is 4.56. The zero-order valence-corrected chi connectivity index (χ0v) is 14.0. The van der Waals surface area contributed by atoms with E-state index in [2.05, 4.69) is 32.9 Å². The van der Waals surface area contributed by atoms with Crippen LogP contribution >= 0.6 is 15.9 Å². The van der Waals surface area contributed by atoms with Gasteiger partial charge < -0.3 is 5.32 Å². The molecule has 0 amide bonds. The maximum Gasteiger partial charge on any atom is 0.261 e. The van der Waals surface area contributed by atoms with Gasteiger partial charge in [-0.15, -0.1) is 0 Å². The summed E-state index contributed by atoms with van der Waals surface area (Å²) in [4.78, 5) is 0.243. The predicted octanol–water partition coefficient (Wildman–Crippen LogP) is 4.07.